The number of fused-ring (bicyclic) bond motifs is 2. The van der Waals surface area contributed by atoms with Crippen LogP contribution >= 0.6 is 11.3 Å². The normalized spacial score (nSPS) is 17.3. The first-order valence-electron chi connectivity index (χ1n) is 14.2. The number of Topliss-reactive ketones (excluding diaryl/α,β-unsaturated/α-hetero) is 1. The second-order valence-electron chi connectivity index (χ2n) is 10.8. The molecule has 9 heteroatoms. The molecule has 0 spiro atoms. The highest BCUT2D eigenvalue weighted by Crippen LogP contribution is 2.45. The summed E-state index contributed by atoms with van der Waals surface area (Å²) in [5.74, 6) is -0.206. The number of aliphatic hydroxyl groups excluding tert-OH is 1. The van der Waals surface area contributed by atoms with Crippen molar-refractivity contribution in [3.05, 3.63) is 118 Å². The predicted molar refractivity (Wildman–Crippen MR) is 169 cm³/mol. The fraction of sp³-hybridized carbons (Fsp3) is 0.171. The summed E-state index contributed by atoms with van der Waals surface area (Å²) in [4.78, 5) is 33.7. The van der Waals surface area contributed by atoms with E-state index in [0.717, 1.165) is 26.9 Å². The average Bonchev–Trinajstić information content (AvgIpc) is 3.58. The molecule has 44 heavy (non-hydrogen) atoms. The minimum absolute atomic E-state index is 0.0307. The van der Waals surface area contributed by atoms with Gasteiger partial charge in [-0.15, -0.1) is 0 Å². The van der Waals surface area contributed by atoms with Gasteiger partial charge in [-0.25, -0.2) is 4.98 Å². The van der Waals surface area contributed by atoms with E-state index in [4.69, 9.17) is 19.2 Å². The predicted octanol–water partition coefficient (Wildman–Crippen LogP) is 6.89. The number of aromatic nitrogens is 1. The van der Waals surface area contributed by atoms with Gasteiger partial charge in [0.15, 0.2) is 16.6 Å². The van der Waals surface area contributed by atoms with Crippen molar-refractivity contribution in [2.75, 3.05) is 18.1 Å². The topological polar surface area (TPSA) is 98.2 Å². The van der Waals surface area contributed by atoms with Crippen molar-refractivity contribution in [3.8, 4) is 17.2 Å². The van der Waals surface area contributed by atoms with Crippen LogP contribution in [0.4, 0.5) is 5.13 Å². The first-order valence-corrected chi connectivity index (χ1v) is 15.0. The smallest absolute Gasteiger partial charge is 0.301 e. The molecule has 1 aromatic heterocycles. The molecule has 0 bridgehead atoms. The second kappa shape index (κ2) is 11.2. The molecule has 2 aliphatic heterocycles. The lowest BCUT2D eigenvalue weighted by molar-refractivity contribution is -0.132. The van der Waals surface area contributed by atoms with E-state index >= 15 is 0 Å². The van der Waals surface area contributed by atoms with Gasteiger partial charge in [0.1, 0.15) is 31.3 Å². The van der Waals surface area contributed by atoms with Gasteiger partial charge in [0.2, 0.25) is 0 Å². The quantitative estimate of drug-likeness (QED) is 0.128. The molecule has 8 nitrogen and oxygen atoms in total. The van der Waals surface area contributed by atoms with Gasteiger partial charge in [0, 0.05) is 5.56 Å². The number of carbonyl (C=O) groups excluding carboxylic acids is 2. The molecular weight excluding hydrogens is 576 g/mol. The van der Waals surface area contributed by atoms with E-state index in [2.05, 4.69) is 0 Å². The number of aliphatic hydroxyl groups is 1. The maximum absolute atomic E-state index is 13.8. The molecule has 1 saturated heterocycles. The number of rotatable bonds is 6. The molecule has 5 aromatic rings. The Morgan fingerprint density at radius 3 is 2.48 bits per heavy atom. The van der Waals surface area contributed by atoms with Crippen LogP contribution in [0.25, 0.3) is 16.0 Å². The van der Waals surface area contributed by atoms with E-state index in [1.807, 2.05) is 68.4 Å². The Morgan fingerprint density at radius 1 is 0.955 bits per heavy atom. The summed E-state index contributed by atoms with van der Waals surface area (Å²) >= 11 is 1.34. The van der Waals surface area contributed by atoms with Gasteiger partial charge in [0.05, 0.1) is 21.8 Å². The van der Waals surface area contributed by atoms with Crippen LogP contribution in [0.2, 0.25) is 0 Å². The van der Waals surface area contributed by atoms with Crippen LogP contribution in [-0.2, 0) is 16.2 Å². The number of ketones is 1. The molecule has 1 atom stereocenters. The summed E-state index contributed by atoms with van der Waals surface area (Å²) in [6, 6.07) is 25.1. The number of thiazole rings is 1. The minimum Gasteiger partial charge on any atom is -0.507 e. The first kappa shape index (κ1) is 27.7. The van der Waals surface area contributed by atoms with Gasteiger partial charge in [-0.05, 0) is 72.5 Å². The molecule has 0 radical (unpaired) electrons. The minimum atomic E-state index is -0.923. The number of aryl methyl sites for hydroxylation is 2. The van der Waals surface area contributed by atoms with E-state index in [9.17, 15) is 14.7 Å². The Bertz CT molecular complexity index is 1950. The molecular formula is C35H28N2O6S. The molecule has 220 valence electrons. The van der Waals surface area contributed by atoms with Gasteiger partial charge in [-0.2, -0.15) is 0 Å². The van der Waals surface area contributed by atoms with Gasteiger partial charge in [-0.1, -0.05) is 59.9 Å². The lowest BCUT2D eigenvalue weighted by atomic mass is 9.95. The summed E-state index contributed by atoms with van der Waals surface area (Å²) in [6.45, 7) is 5.17. The third kappa shape index (κ3) is 4.95. The van der Waals surface area contributed by atoms with Crippen LogP contribution in [0, 0.1) is 13.8 Å². The van der Waals surface area contributed by atoms with Crippen molar-refractivity contribution in [1.82, 2.24) is 4.98 Å². The van der Waals surface area contributed by atoms with Crippen LogP contribution in [0.5, 0.6) is 17.2 Å². The molecule has 0 saturated carbocycles. The van der Waals surface area contributed by atoms with Crippen LogP contribution in [-0.4, -0.2) is 35.0 Å². The largest absolute Gasteiger partial charge is 0.507 e. The Kier molecular flexibility index (Phi) is 7.02. The zero-order valence-electron chi connectivity index (χ0n) is 24.1. The van der Waals surface area contributed by atoms with Crippen molar-refractivity contribution >= 4 is 44.1 Å². The molecule has 4 aromatic carbocycles. The summed E-state index contributed by atoms with van der Waals surface area (Å²) in [5, 5.41) is 12.0. The number of anilines is 1. The highest BCUT2D eigenvalue weighted by Gasteiger charge is 2.48. The molecule has 7 rings (SSSR count). The Hall–Kier alpha value is -5.15. The van der Waals surface area contributed by atoms with Crippen LogP contribution < -0.4 is 19.1 Å². The third-order valence-electron chi connectivity index (χ3n) is 7.73. The van der Waals surface area contributed by atoms with Crippen molar-refractivity contribution in [3.63, 3.8) is 0 Å². The Labute approximate surface area is 257 Å². The fourth-order valence-corrected chi connectivity index (χ4v) is 6.81. The number of hydrogen-bond donors (Lipinski definition) is 1. The van der Waals surface area contributed by atoms with Crippen molar-refractivity contribution in [2.24, 2.45) is 0 Å². The fourth-order valence-electron chi connectivity index (χ4n) is 5.64. The SMILES string of the molecule is Cc1cc(C)c2nc(N3C(=O)C(=O)/C(=C(\O)c4ccc5c(c4)OCCO5)C3c3ccc(OCc4ccccc4)cc3)sc2c1. The van der Waals surface area contributed by atoms with Gasteiger partial charge >= 0.3 is 5.91 Å². The zero-order chi connectivity index (χ0) is 30.4. The van der Waals surface area contributed by atoms with E-state index < -0.39 is 17.7 Å². The maximum Gasteiger partial charge on any atom is 0.301 e. The summed E-state index contributed by atoms with van der Waals surface area (Å²) in [6.07, 6.45) is 0. The molecule has 1 fully saturated rings. The molecule has 1 unspecified atom stereocenters. The van der Waals surface area contributed by atoms with E-state index in [0.29, 0.717) is 53.3 Å². The van der Waals surface area contributed by atoms with Gasteiger partial charge in [-0.3, -0.25) is 14.5 Å². The summed E-state index contributed by atoms with van der Waals surface area (Å²) in [5.41, 5.74) is 4.80. The number of benzene rings is 4. The second-order valence-corrected chi connectivity index (χ2v) is 11.8. The number of nitrogens with zero attached hydrogens (tertiary/aromatic N) is 2. The van der Waals surface area contributed by atoms with Crippen molar-refractivity contribution in [1.29, 1.82) is 0 Å². The van der Waals surface area contributed by atoms with Crippen molar-refractivity contribution < 1.29 is 28.9 Å². The molecule has 2 aliphatic rings. The highest BCUT2D eigenvalue weighted by molar-refractivity contribution is 7.22. The number of carbonyl (C=O) groups is 2. The molecule has 3 heterocycles. The Balaban J connectivity index is 1.32. The summed E-state index contributed by atoms with van der Waals surface area (Å²) in [7, 11) is 0. The molecule has 0 aliphatic carbocycles. The summed E-state index contributed by atoms with van der Waals surface area (Å²) < 4.78 is 18.2. The standard InChI is InChI=1S/C35H28N2O6S/c1-20-16-21(2)30-28(17-20)44-35(36-30)37-31(23-8-11-25(12-9-23)43-19-22-6-4-3-5-7-22)29(33(39)34(37)40)32(38)24-10-13-26-27(18-24)42-15-14-41-26/h3-13,16-18,31,38H,14-15,19H2,1-2H3/b32-29-. The lowest BCUT2D eigenvalue weighted by Crippen LogP contribution is -2.29. The maximum atomic E-state index is 13.8. The monoisotopic (exact) mass is 604 g/mol. The Morgan fingerprint density at radius 2 is 1.70 bits per heavy atom. The lowest BCUT2D eigenvalue weighted by Gasteiger charge is -2.23. The zero-order valence-corrected chi connectivity index (χ0v) is 24.9. The van der Waals surface area contributed by atoms with Gasteiger partial charge in [0.25, 0.3) is 5.78 Å². The average molecular weight is 605 g/mol. The highest BCUT2D eigenvalue weighted by atomic mass is 32.1. The van der Waals surface area contributed by atoms with E-state index in [-0.39, 0.29) is 11.3 Å². The van der Waals surface area contributed by atoms with Crippen molar-refractivity contribution in [2.45, 2.75) is 26.5 Å². The van der Waals surface area contributed by atoms with E-state index in [1.165, 1.54) is 16.2 Å². The van der Waals surface area contributed by atoms with Crippen LogP contribution in [0.1, 0.15) is 33.9 Å². The first-order chi connectivity index (χ1) is 21.4. The van der Waals surface area contributed by atoms with E-state index in [1.54, 1.807) is 30.3 Å². The molecule has 1 amide bonds. The molecule has 1 N–H and O–H groups in total. The van der Waals surface area contributed by atoms with Crippen LogP contribution in [0.3, 0.4) is 0 Å². The van der Waals surface area contributed by atoms with Gasteiger partial charge < -0.3 is 19.3 Å². The third-order valence-corrected chi connectivity index (χ3v) is 8.73. The number of amides is 1. The number of ether oxygens (including phenoxy) is 3. The number of hydrogen-bond acceptors (Lipinski definition) is 8. The van der Waals surface area contributed by atoms with Crippen LogP contribution in [0.15, 0.2) is 90.5 Å².